The molecule has 6 heteroatoms. The molecule has 1 N–H and O–H groups in total. The molecule has 0 aliphatic carbocycles. The van der Waals surface area contributed by atoms with E-state index in [1.165, 1.54) is 6.08 Å². The van der Waals surface area contributed by atoms with Crippen molar-refractivity contribution in [1.82, 2.24) is 5.32 Å². The van der Waals surface area contributed by atoms with Crippen LogP contribution in [-0.4, -0.2) is 17.8 Å². The van der Waals surface area contributed by atoms with E-state index in [0.717, 1.165) is 21.6 Å². The molecule has 1 aliphatic heterocycles. The fourth-order valence-electron chi connectivity index (χ4n) is 3.55. The van der Waals surface area contributed by atoms with Gasteiger partial charge in [-0.05, 0) is 43.2 Å². The van der Waals surface area contributed by atoms with Crippen LogP contribution in [0.3, 0.4) is 0 Å². The lowest BCUT2D eigenvalue weighted by atomic mass is 10.0. The van der Waals surface area contributed by atoms with E-state index in [0.29, 0.717) is 23.6 Å². The summed E-state index contributed by atoms with van der Waals surface area (Å²) >= 11 is 0. The first-order chi connectivity index (χ1) is 15.4. The summed E-state index contributed by atoms with van der Waals surface area (Å²) < 4.78 is 5.93. The number of rotatable bonds is 5. The number of nitrogens with one attached hydrogen (secondary N) is 1. The average Bonchev–Trinajstić information content (AvgIpc) is 2.78. The van der Waals surface area contributed by atoms with Crippen LogP contribution < -0.4 is 15.0 Å². The lowest BCUT2D eigenvalue weighted by Gasteiger charge is -2.27. The van der Waals surface area contributed by atoms with E-state index < -0.39 is 17.8 Å². The summed E-state index contributed by atoms with van der Waals surface area (Å²) in [5.74, 6) is -0.887. The predicted molar refractivity (Wildman–Crippen MR) is 122 cm³/mol. The molecule has 32 heavy (non-hydrogen) atoms. The number of hydrogen-bond donors (Lipinski definition) is 1. The molecule has 1 fully saturated rings. The number of aryl methyl sites for hydroxylation is 2. The van der Waals surface area contributed by atoms with Crippen LogP contribution >= 0.6 is 0 Å². The van der Waals surface area contributed by atoms with E-state index in [1.807, 2.05) is 62.4 Å². The van der Waals surface area contributed by atoms with Gasteiger partial charge in [-0.1, -0.05) is 66.2 Å². The number of anilines is 1. The number of imide groups is 2. The zero-order chi connectivity index (χ0) is 22.7. The maximum Gasteiger partial charge on any atom is 0.335 e. The molecule has 4 amide bonds. The van der Waals surface area contributed by atoms with Gasteiger partial charge >= 0.3 is 6.03 Å². The van der Waals surface area contributed by atoms with E-state index in [2.05, 4.69) is 5.32 Å². The van der Waals surface area contributed by atoms with Gasteiger partial charge in [-0.25, -0.2) is 9.69 Å². The van der Waals surface area contributed by atoms with Crippen LogP contribution in [0, 0.1) is 13.8 Å². The maximum atomic E-state index is 13.2. The van der Waals surface area contributed by atoms with E-state index in [9.17, 15) is 14.4 Å². The molecule has 0 saturated carbocycles. The number of amides is 4. The van der Waals surface area contributed by atoms with Crippen LogP contribution in [-0.2, 0) is 16.2 Å². The second-order valence-corrected chi connectivity index (χ2v) is 7.56. The minimum absolute atomic E-state index is 0.139. The van der Waals surface area contributed by atoms with Crippen molar-refractivity contribution in [2.75, 3.05) is 4.90 Å². The van der Waals surface area contributed by atoms with Gasteiger partial charge in [-0.2, -0.15) is 0 Å². The predicted octanol–water partition coefficient (Wildman–Crippen LogP) is 4.55. The second kappa shape index (κ2) is 8.89. The molecule has 160 valence electrons. The molecule has 4 rings (SSSR count). The van der Waals surface area contributed by atoms with Crippen LogP contribution in [0.15, 0.2) is 78.4 Å². The zero-order valence-electron chi connectivity index (χ0n) is 17.8. The highest BCUT2D eigenvalue weighted by atomic mass is 16.5. The average molecular weight is 426 g/mol. The summed E-state index contributed by atoms with van der Waals surface area (Å²) in [5.41, 5.74) is 3.62. The Morgan fingerprint density at radius 1 is 0.906 bits per heavy atom. The molecular weight excluding hydrogens is 404 g/mol. The van der Waals surface area contributed by atoms with Crippen molar-refractivity contribution in [3.05, 3.63) is 101 Å². The van der Waals surface area contributed by atoms with Crippen LogP contribution in [0.4, 0.5) is 10.5 Å². The Balaban J connectivity index is 1.66. The number of para-hydroxylation sites is 1. The number of nitrogens with zero attached hydrogens (tertiary/aromatic N) is 1. The minimum Gasteiger partial charge on any atom is -0.488 e. The van der Waals surface area contributed by atoms with Gasteiger partial charge in [-0.15, -0.1) is 0 Å². The van der Waals surface area contributed by atoms with Crippen LogP contribution in [0.2, 0.25) is 0 Å². The molecule has 1 aliphatic rings. The topological polar surface area (TPSA) is 75.7 Å². The van der Waals surface area contributed by atoms with Crippen molar-refractivity contribution in [1.29, 1.82) is 0 Å². The van der Waals surface area contributed by atoms with Gasteiger partial charge < -0.3 is 4.74 Å². The highest BCUT2D eigenvalue weighted by molar-refractivity contribution is 6.39. The van der Waals surface area contributed by atoms with Crippen LogP contribution in [0.5, 0.6) is 5.75 Å². The molecule has 6 nitrogen and oxygen atoms in total. The standard InChI is InChI=1S/C26H22N2O4/c1-17-12-13-22(18(2)14-17)28-25(30)21(24(29)27-26(28)31)15-20-10-6-7-11-23(20)32-16-19-8-4-3-5-9-19/h3-15H,16H2,1-2H3,(H,27,29,31)/b21-15+. The summed E-state index contributed by atoms with van der Waals surface area (Å²) in [7, 11) is 0. The summed E-state index contributed by atoms with van der Waals surface area (Å²) in [6.07, 6.45) is 1.46. The van der Waals surface area contributed by atoms with Gasteiger partial charge in [0.15, 0.2) is 0 Å². The van der Waals surface area contributed by atoms with Gasteiger partial charge in [0, 0.05) is 5.56 Å². The van der Waals surface area contributed by atoms with E-state index >= 15 is 0 Å². The van der Waals surface area contributed by atoms with Crippen molar-refractivity contribution < 1.29 is 19.1 Å². The third-order valence-electron chi connectivity index (χ3n) is 5.15. The van der Waals surface area contributed by atoms with Gasteiger partial charge in [-0.3, -0.25) is 14.9 Å². The quantitative estimate of drug-likeness (QED) is 0.480. The Morgan fingerprint density at radius 2 is 1.62 bits per heavy atom. The third-order valence-corrected chi connectivity index (χ3v) is 5.15. The fourth-order valence-corrected chi connectivity index (χ4v) is 3.55. The molecule has 0 spiro atoms. The van der Waals surface area contributed by atoms with E-state index in [4.69, 9.17) is 4.74 Å². The van der Waals surface area contributed by atoms with Crippen molar-refractivity contribution in [2.45, 2.75) is 20.5 Å². The van der Waals surface area contributed by atoms with Gasteiger partial charge in [0.05, 0.1) is 5.69 Å². The van der Waals surface area contributed by atoms with Gasteiger partial charge in [0.25, 0.3) is 11.8 Å². The lowest BCUT2D eigenvalue weighted by Crippen LogP contribution is -2.54. The Morgan fingerprint density at radius 3 is 2.38 bits per heavy atom. The van der Waals surface area contributed by atoms with E-state index in [1.54, 1.807) is 24.3 Å². The largest absolute Gasteiger partial charge is 0.488 e. The first-order valence-electron chi connectivity index (χ1n) is 10.2. The number of benzene rings is 3. The van der Waals surface area contributed by atoms with Crippen LogP contribution in [0.1, 0.15) is 22.3 Å². The molecule has 0 radical (unpaired) electrons. The highest BCUT2D eigenvalue weighted by Crippen LogP contribution is 2.28. The van der Waals surface area contributed by atoms with Crippen molar-refractivity contribution in [3.8, 4) is 5.75 Å². The van der Waals surface area contributed by atoms with Crippen molar-refractivity contribution in [3.63, 3.8) is 0 Å². The Bertz CT molecular complexity index is 1230. The van der Waals surface area contributed by atoms with Crippen LogP contribution in [0.25, 0.3) is 6.08 Å². The van der Waals surface area contributed by atoms with Crippen molar-refractivity contribution in [2.24, 2.45) is 0 Å². The molecule has 3 aromatic rings. The summed E-state index contributed by atoms with van der Waals surface area (Å²) in [6, 6.07) is 21.4. The lowest BCUT2D eigenvalue weighted by molar-refractivity contribution is -0.122. The van der Waals surface area contributed by atoms with Crippen molar-refractivity contribution >= 4 is 29.6 Å². The number of urea groups is 1. The number of ether oxygens (including phenoxy) is 1. The summed E-state index contributed by atoms with van der Waals surface area (Å²) in [6.45, 7) is 4.08. The Kier molecular flexibility index (Phi) is 5.85. The Labute approximate surface area is 186 Å². The third kappa shape index (κ3) is 4.30. The van der Waals surface area contributed by atoms with E-state index in [-0.39, 0.29) is 5.57 Å². The normalized spacial score (nSPS) is 15.1. The molecule has 3 aromatic carbocycles. The molecule has 1 saturated heterocycles. The number of barbiturate groups is 1. The number of hydrogen-bond acceptors (Lipinski definition) is 4. The summed E-state index contributed by atoms with van der Waals surface area (Å²) in [4.78, 5) is 39.2. The monoisotopic (exact) mass is 426 g/mol. The Hall–Kier alpha value is -4.19. The summed E-state index contributed by atoms with van der Waals surface area (Å²) in [5, 5.41) is 2.27. The van der Waals surface area contributed by atoms with Gasteiger partial charge in [0.1, 0.15) is 17.9 Å². The number of carbonyl (C=O) groups is 3. The molecule has 0 bridgehead atoms. The fraction of sp³-hybridized carbons (Fsp3) is 0.115. The smallest absolute Gasteiger partial charge is 0.335 e. The number of carbonyl (C=O) groups excluding carboxylic acids is 3. The molecular formula is C26H22N2O4. The first kappa shape index (κ1) is 21.1. The SMILES string of the molecule is Cc1ccc(N2C(=O)NC(=O)/C(=C\c3ccccc3OCc3ccccc3)C2=O)c(C)c1. The van der Waals surface area contributed by atoms with Gasteiger partial charge in [0.2, 0.25) is 0 Å². The molecule has 0 aromatic heterocycles. The zero-order valence-corrected chi connectivity index (χ0v) is 17.8. The minimum atomic E-state index is -0.766. The first-order valence-corrected chi connectivity index (χ1v) is 10.2. The molecule has 0 atom stereocenters. The maximum absolute atomic E-state index is 13.2. The molecule has 1 heterocycles. The highest BCUT2D eigenvalue weighted by Gasteiger charge is 2.37. The molecule has 0 unspecified atom stereocenters. The second-order valence-electron chi connectivity index (χ2n) is 7.56.